The summed E-state index contributed by atoms with van der Waals surface area (Å²) in [6.45, 7) is 0. The zero-order chi connectivity index (χ0) is 46.3. The van der Waals surface area contributed by atoms with Gasteiger partial charge in [-0.25, -0.2) is 15.0 Å². The first kappa shape index (κ1) is 39.3. The summed E-state index contributed by atoms with van der Waals surface area (Å²) in [6.07, 6.45) is 0. The van der Waals surface area contributed by atoms with Crippen molar-refractivity contribution < 1.29 is 8.83 Å². The zero-order valence-electron chi connectivity index (χ0n) is 37.4. The van der Waals surface area contributed by atoms with Gasteiger partial charge in [0.15, 0.2) is 17.5 Å². The van der Waals surface area contributed by atoms with Gasteiger partial charge < -0.3 is 8.83 Å². The number of hydrogen-bond donors (Lipinski definition) is 0. The van der Waals surface area contributed by atoms with E-state index in [1.807, 2.05) is 23.5 Å². The third kappa shape index (κ3) is 6.06. The quantitative estimate of drug-likeness (QED) is 0.172. The fraction of sp³-hybridized carbons (Fsp3) is 0. The predicted molar refractivity (Wildman–Crippen MR) is 300 cm³/mol. The SMILES string of the molecule is c1cc(-c2ccc3oc4cccc(-c5nc(-c6ccc7c(c6)sc6ccccc67)nc(-c6ccc7c(c6)sc6ccccc67)n5)c4c3c2)c2c(c1)oc1ccc(-c3ccc4c(c3)sc3ccccc34)cc12. The van der Waals surface area contributed by atoms with Crippen molar-refractivity contribution in [3.05, 3.63) is 200 Å². The Morgan fingerprint density at radius 2 is 0.648 bits per heavy atom. The summed E-state index contributed by atoms with van der Waals surface area (Å²) in [5, 5.41) is 11.7. The molecule has 5 nitrogen and oxygen atoms in total. The molecule has 0 saturated carbocycles. The molecule has 0 spiro atoms. The molecule has 0 radical (unpaired) electrons. The van der Waals surface area contributed by atoms with E-state index in [1.54, 1.807) is 22.7 Å². The van der Waals surface area contributed by atoms with E-state index in [0.29, 0.717) is 17.5 Å². The summed E-state index contributed by atoms with van der Waals surface area (Å²) in [7, 11) is 0. The Hall–Kier alpha value is -8.53. The van der Waals surface area contributed by atoms with Crippen LogP contribution in [0.15, 0.2) is 209 Å². The van der Waals surface area contributed by atoms with E-state index < -0.39 is 0 Å². The van der Waals surface area contributed by atoms with Crippen molar-refractivity contribution in [2.75, 3.05) is 0 Å². The number of rotatable bonds is 5. The topological polar surface area (TPSA) is 65.0 Å². The van der Waals surface area contributed by atoms with Crippen LogP contribution >= 0.6 is 34.0 Å². The molecule has 6 heterocycles. The van der Waals surface area contributed by atoms with Crippen molar-refractivity contribution in [2.24, 2.45) is 0 Å². The van der Waals surface area contributed by atoms with Gasteiger partial charge in [0.2, 0.25) is 0 Å². The van der Waals surface area contributed by atoms with E-state index in [9.17, 15) is 0 Å². The Morgan fingerprint density at radius 1 is 0.254 bits per heavy atom. The maximum Gasteiger partial charge on any atom is 0.164 e. The monoisotopic (exact) mass is 959 g/mol. The minimum absolute atomic E-state index is 0.584. The summed E-state index contributed by atoms with van der Waals surface area (Å²) in [6, 6.07) is 71.4. The lowest BCUT2D eigenvalue weighted by atomic mass is 9.95. The summed E-state index contributed by atoms with van der Waals surface area (Å²) >= 11 is 5.43. The van der Waals surface area contributed by atoms with Gasteiger partial charge >= 0.3 is 0 Å². The van der Waals surface area contributed by atoms with Crippen LogP contribution in [-0.2, 0) is 0 Å². The molecule has 16 aromatic rings. The van der Waals surface area contributed by atoms with Crippen molar-refractivity contribution in [1.29, 1.82) is 0 Å². The lowest BCUT2D eigenvalue weighted by Gasteiger charge is -2.10. The Labute approximate surface area is 416 Å². The number of furan rings is 2. The molecule has 10 aromatic carbocycles. The van der Waals surface area contributed by atoms with Gasteiger partial charge in [-0.3, -0.25) is 0 Å². The Morgan fingerprint density at radius 3 is 1.20 bits per heavy atom. The van der Waals surface area contributed by atoms with E-state index in [2.05, 4.69) is 188 Å². The summed E-state index contributed by atoms with van der Waals surface area (Å²) in [5.74, 6) is 1.82. The Bertz CT molecular complexity index is 4780. The minimum atomic E-state index is 0.584. The molecular formula is C63H33N3O2S3. The van der Waals surface area contributed by atoms with Crippen LogP contribution < -0.4 is 0 Å². The summed E-state index contributed by atoms with van der Waals surface area (Å²) < 4.78 is 20.7. The van der Waals surface area contributed by atoms with E-state index in [-0.39, 0.29) is 0 Å². The molecule has 71 heavy (non-hydrogen) atoms. The number of fused-ring (bicyclic) bond motifs is 15. The maximum atomic E-state index is 6.66. The van der Waals surface area contributed by atoms with Crippen molar-refractivity contribution in [2.45, 2.75) is 0 Å². The average molecular weight is 960 g/mol. The second kappa shape index (κ2) is 15.0. The molecule has 0 saturated heterocycles. The van der Waals surface area contributed by atoms with Crippen LogP contribution in [-0.4, -0.2) is 15.0 Å². The Kier molecular flexibility index (Phi) is 8.30. The van der Waals surface area contributed by atoms with Crippen LogP contribution in [0.5, 0.6) is 0 Å². The van der Waals surface area contributed by atoms with Crippen LogP contribution in [0.1, 0.15) is 0 Å². The molecule has 0 N–H and O–H groups in total. The Balaban J connectivity index is 0.865. The third-order valence-corrected chi connectivity index (χ3v) is 17.6. The molecular weight excluding hydrogens is 927 g/mol. The van der Waals surface area contributed by atoms with Crippen LogP contribution in [0.3, 0.4) is 0 Å². The van der Waals surface area contributed by atoms with E-state index in [4.69, 9.17) is 23.8 Å². The number of nitrogens with zero attached hydrogens (tertiary/aromatic N) is 3. The predicted octanol–water partition coefficient (Wildman–Crippen LogP) is 19.1. The van der Waals surface area contributed by atoms with Gasteiger partial charge in [0, 0.05) is 98.8 Å². The minimum Gasteiger partial charge on any atom is -0.456 e. The molecule has 6 aromatic heterocycles. The number of thiophene rings is 3. The van der Waals surface area contributed by atoms with Gasteiger partial charge in [0.25, 0.3) is 0 Å². The van der Waals surface area contributed by atoms with E-state index >= 15 is 0 Å². The average Bonchev–Trinajstić information content (AvgIpc) is 4.25. The maximum absolute atomic E-state index is 6.66. The highest BCUT2D eigenvalue weighted by atomic mass is 32.1. The van der Waals surface area contributed by atoms with Gasteiger partial charge in [-0.05, 0) is 95.1 Å². The molecule has 0 atom stereocenters. The highest BCUT2D eigenvalue weighted by molar-refractivity contribution is 7.26. The lowest BCUT2D eigenvalue weighted by Crippen LogP contribution is -2.00. The van der Waals surface area contributed by atoms with Gasteiger partial charge in [-0.15, -0.1) is 34.0 Å². The number of aromatic nitrogens is 3. The van der Waals surface area contributed by atoms with Crippen molar-refractivity contribution in [3.8, 4) is 56.4 Å². The van der Waals surface area contributed by atoms with E-state index in [0.717, 1.165) is 77.3 Å². The van der Waals surface area contributed by atoms with Crippen molar-refractivity contribution in [3.63, 3.8) is 0 Å². The van der Waals surface area contributed by atoms with Gasteiger partial charge in [-0.1, -0.05) is 127 Å². The first-order chi connectivity index (χ1) is 35.1. The third-order valence-electron chi connectivity index (χ3n) is 14.2. The molecule has 0 amide bonds. The highest BCUT2D eigenvalue weighted by Gasteiger charge is 2.21. The van der Waals surface area contributed by atoms with Gasteiger partial charge in [0.1, 0.15) is 22.3 Å². The van der Waals surface area contributed by atoms with E-state index in [1.165, 1.54) is 66.1 Å². The number of hydrogen-bond acceptors (Lipinski definition) is 8. The summed E-state index contributed by atoms with van der Waals surface area (Å²) in [4.78, 5) is 15.9. The van der Waals surface area contributed by atoms with Crippen molar-refractivity contribution in [1.82, 2.24) is 15.0 Å². The fourth-order valence-corrected chi connectivity index (χ4v) is 14.3. The van der Waals surface area contributed by atoms with Gasteiger partial charge in [-0.2, -0.15) is 0 Å². The fourth-order valence-electron chi connectivity index (χ4n) is 10.8. The molecule has 330 valence electrons. The van der Waals surface area contributed by atoms with Crippen LogP contribution in [0.2, 0.25) is 0 Å². The number of benzene rings is 10. The smallest absolute Gasteiger partial charge is 0.164 e. The van der Waals surface area contributed by atoms with Crippen molar-refractivity contribution >= 4 is 138 Å². The van der Waals surface area contributed by atoms with Crippen LogP contribution in [0.4, 0.5) is 0 Å². The second-order valence-electron chi connectivity index (χ2n) is 18.2. The molecule has 0 bridgehead atoms. The van der Waals surface area contributed by atoms with Crippen LogP contribution in [0.25, 0.3) is 161 Å². The molecule has 8 heteroatoms. The molecule has 0 aliphatic carbocycles. The standard InChI is InChI=1S/C63H33N3O2S3/c1-4-16-53-40(9-1)43-24-19-35(31-56(43)69-53)34-22-27-49-47(29-34)59-39(12-7-14-51(59)67-49)36-23-28-50-48(30-36)60-46(13-8-15-52(60)68-50)63-65-61(37-20-25-44-41-10-2-5-17-54(41)70-57(44)32-37)64-62(66-63)38-21-26-45-42-11-3-6-18-55(42)71-58(45)33-38/h1-33H. The molecule has 0 fully saturated rings. The second-order valence-corrected chi connectivity index (χ2v) is 21.5. The first-order valence-electron chi connectivity index (χ1n) is 23.5. The normalized spacial score (nSPS) is 12.2. The molecule has 16 rings (SSSR count). The zero-order valence-corrected chi connectivity index (χ0v) is 39.9. The highest BCUT2D eigenvalue weighted by Crippen LogP contribution is 2.44. The molecule has 0 aliphatic rings. The largest absolute Gasteiger partial charge is 0.456 e. The van der Waals surface area contributed by atoms with Crippen LogP contribution in [0, 0.1) is 0 Å². The summed E-state index contributed by atoms with van der Waals surface area (Å²) in [5.41, 5.74) is 10.5. The van der Waals surface area contributed by atoms with Gasteiger partial charge in [0.05, 0.1) is 0 Å². The lowest BCUT2D eigenvalue weighted by molar-refractivity contribution is 0.669. The molecule has 0 unspecified atom stereocenters. The molecule has 0 aliphatic heterocycles. The first-order valence-corrected chi connectivity index (χ1v) is 26.0.